The van der Waals surface area contributed by atoms with Crippen LogP contribution < -0.4 is 5.32 Å². The lowest BCUT2D eigenvalue weighted by atomic mass is 9.85. The van der Waals surface area contributed by atoms with E-state index in [2.05, 4.69) is 5.32 Å². The van der Waals surface area contributed by atoms with Crippen LogP contribution >= 0.6 is 0 Å². The van der Waals surface area contributed by atoms with E-state index in [0.717, 1.165) is 5.56 Å². The SMILES string of the molecule is CC(C)(C)c1ccc([N+](=O)[O-])cc1NC(C#N)=C(C#N)C#N. The molecule has 1 aromatic carbocycles. The Morgan fingerprint density at radius 2 is 1.77 bits per heavy atom. The van der Waals surface area contributed by atoms with Crippen LogP contribution in [0.3, 0.4) is 0 Å². The third-order valence-electron chi connectivity index (χ3n) is 2.87. The van der Waals surface area contributed by atoms with Gasteiger partial charge in [0.05, 0.1) is 4.92 Å². The molecular formula is C15H13N5O2. The van der Waals surface area contributed by atoms with E-state index >= 15 is 0 Å². The summed E-state index contributed by atoms with van der Waals surface area (Å²) in [7, 11) is 0. The van der Waals surface area contributed by atoms with E-state index in [1.165, 1.54) is 12.1 Å². The van der Waals surface area contributed by atoms with Gasteiger partial charge in [-0.3, -0.25) is 10.1 Å². The molecule has 0 atom stereocenters. The molecule has 0 unspecified atom stereocenters. The van der Waals surface area contributed by atoms with E-state index in [4.69, 9.17) is 15.8 Å². The summed E-state index contributed by atoms with van der Waals surface area (Å²) >= 11 is 0. The molecule has 1 aromatic rings. The first-order valence-electron chi connectivity index (χ1n) is 6.25. The van der Waals surface area contributed by atoms with Gasteiger partial charge in [0.1, 0.15) is 23.9 Å². The molecule has 22 heavy (non-hydrogen) atoms. The predicted molar refractivity (Wildman–Crippen MR) is 79.3 cm³/mol. The van der Waals surface area contributed by atoms with Crippen LogP contribution in [0.2, 0.25) is 0 Å². The Hall–Kier alpha value is -3.37. The van der Waals surface area contributed by atoms with E-state index in [9.17, 15) is 10.1 Å². The second kappa shape index (κ2) is 6.39. The number of nitriles is 3. The Bertz CT molecular complexity index is 751. The van der Waals surface area contributed by atoms with Gasteiger partial charge in [0.25, 0.3) is 5.69 Å². The molecule has 0 bridgehead atoms. The maximum absolute atomic E-state index is 10.9. The number of anilines is 1. The quantitative estimate of drug-likeness (QED) is 0.518. The molecule has 0 fully saturated rings. The first-order chi connectivity index (χ1) is 10.2. The molecule has 0 aliphatic carbocycles. The van der Waals surface area contributed by atoms with Crippen LogP contribution in [0, 0.1) is 44.1 Å². The fraction of sp³-hybridized carbons (Fsp3) is 0.267. The Morgan fingerprint density at radius 1 is 1.18 bits per heavy atom. The van der Waals surface area contributed by atoms with Gasteiger partial charge in [0, 0.05) is 17.8 Å². The van der Waals surface area contributed by atoms with Gasteiger partial charge >= 0.3 is 0 Å². The first kappa shape index (κ1) is 16.7. The number of hydrogen-bond donors (Lipinski definition) is 1. The molecule has 0 aromatic heterocycles. The van der Waals surface area contributed by atoms with Crippen LogP contribution in [0.25, 0.3) is 0 Å². The smallest absolute Gasteiger partial charge is 0.271 e. The number of benzene rings is 1. The zero-order valence-electron chi connectivity index (χ0n) is 12.3. The average molecular weight is 295 g/mol. The van der Waals surface area contributed by atoms with Gasteiger partial charge in [-0.05, 0) is 17.0 Å². The molecule has 0 amide bonds. The number of nitro benzene ring substituents is 1. The van der Waals surface area contributed by atoms with Gasteiger partial charge in [-0.15, -0.1) is 0 Å². The van der Waals surface area contributed by atoms with Crippen molar-refractivity contribution in [2.45, 2.75) is 26.2 Å². The molecule has 110 valence electrons. The minimum atomic E-state index is -0.553. The molecule has 0 spiro atoms. The standard InChI is InChI=1S/C15H13N5O2/c1-15(2,3)12-5-4-11(20(21)22)6-13(12)19-14(9-18)10(7-16)8-17/h4-6,19H,1-3H3. The van der Waals surface area contributed by atoms with E-state index in [0.29, 0.717) is 5.69 Å². The minimum Gasteiger partial charge on any atom is -0.345 e. The highest BCUT2D eigenvalue weighted by molar-refractivity contribution is 5.66. The Morgan fingerprint density at radius 3 is 2.18 bits per heavy atom. The highest BCUT2D eigenvalue weighted by Crippen LogP contribution is 2.33. The molecule has 0 heterocycles. The van der Waals surface area contributed by atoms with E-state index < -0.39 is 4.92 Å². The van der Waals surface area contributed by atoms with E-state index in [1.54, 1.807) is 24.3 Å². The molecule has 1 N–H and O–H groups in total. The summed E-state index contributed by atoms with van der Waals surface area (Å²) in [6.07, 6.45) is 0. The van der Waals surface area contributed by atoms with Crippen LogP contribution in [0.15, 0.2) is 29.5 Å². The lowest BCUT2D eigenvalue weighted by Gasteiger charge is -2.23. The molecule has 0 aliphatic rings. The molecule has 7 heteroatoms. The van der Waals surface area contributed by atoms with Crippen molar-refractivity contribution >= 4 is 11.4 Å². The number of nitro groups is 1. The first-order valence-corrected chi connectivity index (χ1v) is 6.25. The van der Waals surface area contributed by atoms with Gasteiger partial charge in [-0.2, -0.15) is 15.8 Å². The predicted octanol–water partition coefficient (Wildman–Crippen LogP) is 3.13. The topological polar surface area (TPSA) is 127 Å². The van der Waals surface area contributed by atoms with Crippen molar-refractivity contribution in [3.63, 3.8) is 0 Å². The molecule has 1 rings (SSSR count). The van der Waals surface area contributed by atoms with E-state index in [-0.39, 0.29) is 22.4 Å². The third-order valence-corrected chi connectivity index (χ3v) is 2.87. The van der Waals surface area contributed by atoms with Crippen LogP contribution in [-0.2, 0) is 5.41 Å². The summed E-state index contributed by atoms with van der Waals surface area (Å²) in [5, 5.41) is 40.4. The van der Waals surface area contributed by atoms with Gasteiger partial charge in [-0.1, -0.05) is 20.8 Å². The lowest BCUT2D eigenvalue weighted by Crippen LogP contribution is -2.15. The number of non-ortho nitro benzene ring substituents is 1. The maximum atomic E-state index is 10.9. The monoisotopic (exact) mass is 295 g/mol. The fourth-order valence-electron chi connectivity index (χ4n) is 1.82. The zero-order chi connectivity index (χ0) is 16.9. The van der Waals surface area contributed by atoms with Gasteiger partial charge in [0.15, 0.2) is 5.57 Å². The van der Waals surface area contributed by atoms with E-state index in [1.807, 2.05) is 20.8 Å². The van der Waals surface area contributed by atoms with Gasteiger partial charge < -0.3 is 5.32 Å². The Labute approximate surface area is 127 Å². The summed E-state index contributed by atoms with van der Waals surface area (Å²) in [5.41, 5.74) is -0.0762. The molecule has 0 aliphatic heterocycles. The summed E-state index contributed by atoms with van der Waals surface area (Å²) in [4.78, 5) is 10.4. The largest absolute Gasteiger partial charge is 0.345 e. The summed E-state index contributed by atoms with van der Waals surface area (Å²) < 4.78 is 0. The highest BCUT2D eigenvalue weighted by Gasteiger charge is 2.22. The van der Waals surface area contributed by atoms with Crippen molar-refractivity contribution in [3.05, 3.63) is 45.1 Å². The average Bonchev–Trinajstić information content (AvgIpc) is 2.45. The van der Waals surface area contributed by atoms with Gasteiger partial charge in [0.2, 0.25) is 0 Å². The Balaban J connectivity index is 3.52. The van der Waals surface area contributed by atoms with Crippen LogP contribution in [-0.4, -0.2) is 4.92 Å². The van der Waals surface area contributed by atoms with Gasteiger partial charge in [-0.25, -0.2) is 0 Å². The van der Waals surface area contributed by atoms with Crippen LogP contribution in [0.1, 0.15) is 26.3 Å². The minimum absolute atomic E-state index is 0.150. The Kier molecular flexibility index (Phi) is 4.84. The zero-order valence-corrected chi connectivity index (χ0v) is 12.3. The van der Waals surface area contributed by atoms with Crippen molar-refractivity contribution in [1.29, 1.82) is 15.8 Å². The van der Waals surface area contributed by atoms with Crippen molar-refractivity contribution < 1.29 is 4.92 Å². The second-order valence-electron chi connectivity index (χ2n) is 5.45. The van der Waals surface area contributed by atoms with Crippen LogP contribution in [0.5, 0.6) is 0 Å². The molecular weight excluding hydrogens is 282 g/mol. The second-order valence-corrected chi connectivity index (χ2v) is 5.45. The third kappa shape index (κ3) is 3.59. The summed E-state index contributed by atoms with van der Waals surface area (Å²) in [6, 6.07) is 9.22. The van der Waals surface area contributed by atoms with Crippen molar-refractivity contribution in [1.82, 2.24) is 0 Å². The summed E-state index contributed by atoms with van der Waals surface area (Å²) in [5.74, 6) is 0. The summed E-state index contributed by atoms with van der Waals surface area (Å²) in [6.45, 7) is 5.72. The molecule has 0 radical (unpaired) electrons. The number of nitrogens with zero attached hydrogens (tertiary/aromatic N) is 4. The lowest BCUT2D eigenvalue weighted by molar-refractivity contribution is -0.384. The molecule has 0 saturated carbocycles. The molecule has 7 nitrogen and oxygen atoms in total. The van der Waals surface area contributed by atoms with Crippen molar-refractivity contribution in [2.24, 2.45) is 0 Å². The normalized spacial score (nSPS) is 9.82. The van der Waals surface area contributed by atoms with Crippen molar-refractivity contribution in [3.8, 4) is 18.2 Å². The maximum Gasteiger partial charge on any atom is 0.271 e. The van der Waals surface area contributed by atoms with Crippen LogP contribution in [0.4, 0.5) is 11.4 Å². The molecule has 0 saturated heterocycles. The number of rotatable bonds is 3. The van der Waals surface area contributed by atoms with Crippen molar-refractivity contribution in [2.75, 3.05) is 5.32 Å². The highest BCUT2D eigenvalue weighted by atomic mass is 16.6. The number of nitrogens with one attached hydrogen (secondary N) is 1. The number of hydrogen-bond acceptors (Lipinski definition) is 6. The number of allylic oxidation sites excluding steroid dienone is 2. The fourth-order valence-corrected chi connectivity index (χ4v) is 1.82.